The van der Waals surface area contributed by atoms with Crippen LogP contribution in [0.25, 0.3) is 0 Å². The molecule has 0 bridgehead atoms. The largest absolute Gasteiger partial charge is 0.372 e. The van der Waals surface area contributed by atoms with Gasteiger partial charge < -0.3 is 5.32 Å². The molecule has 20 heavy (non-hydrogen) atoms. The normalized spacial score (nSPS) is 11.8. The number of anilines is 1. The highest BCUT2D eigenvalue weighted by molar-refractivity contribution is 7.89. The predicted molar refractivity (Wildman–Crippen MR) is 82.7 cm³/mol. The lowest BCUT2D eigenvalue weighted by molar-refractivity contribution is 0.530. The van der Waals surface area contributed by atoms with Gasteiger partial charge in [0.05, 0.1) is 5.02 Å². The zero-order valence-electron chi connectivity index (χ0n) is 12.1. The summed E-state index contributed by atoms with van der Waals surface area (Å²) in [6, 6.07) is 1.40. The van der Waals surface area contributed by atoms with E-state index in [-0.39, 0.29) is 9.92 Å². The van der Waals surface area contributed by atoms with Crippen molar-refractivity contribution < 1.29 is 8.42 Å². The van der Waals surface area contributed by atoms with E-state index >= 15 is 0 Å². The summed E-state index contributed by atoms with van der Waals surface area (Å²) in [5, 5.41) is 3.07. The molecule has 0 saturated carbocycles. The molecule has 0 amide bonds. The summed E-state index contributed by atoms with van der Waals surface area (Å²) in [5.74, 6) is 1.10. The van der Waals surface area contributed by atoms with E-state index in [1.165, 1.54) is 12.3 Å². The first-order chi connectivity index (χ1) is 9.36. The van der Waals surface area contributed by atoms with Gasteiger partial charge in [0.15, 0.2) is 0 Å². The highest BCUT2D eigenvalue weighted by Gasteiger charge is 2.15. The second-order valence-electron chi connectivity index (χ2n) is 5.04. The standard InChI is InChI=1S/C13H22ClN3O2S/c1-10(2)6-4-5-7-17-20(18,19)11-8-12(14)13(15-3)16-9-11/h8-10,17H,4-7H2,1-3H3,(H,15,16). The van der Waals surface area contributed by atoms with Crippen molar-refractivity contribution in [3.8, 4) is 0 Å². The molecule has 2 N–H and O–H groups in total. The number of hydrogen-bond acceptors (Lipinski definition) is 4. The van der Waals surface area contributed by atoms with Crippen LogP contribution in [-0.4, -0.2) is 27.0 Å². The van der Waals surface area contributed by atoms with Crippen molar-refractivity contribution in [1.29, 1.82) is 0 Å². The molecule has 0 aliphatic carbocycles. The zero-order valence-corrected chi connectivity index (χ0v) is 13.7. The molecule has 1 rings (SSSR count). The van der Waals surface area contributed by atoms with E-state index < -0.39 is 10.0 Å². The maximum absolute atomic E-state index is 12.1. The summed E-state index contributed by atoms with van der Waals surface area (Å²) in [4.78, 5) is 4.06. The molecular formula is C13H22ClN3O2S. The number of nitrogens with zero attached hydrogens (tertiary/aromatic N) is 1. The number of hydrogen-bond donors (Lipinski definition) is 2. The van der Waals surface area contributed by atoms with Crippen LogP contribution in [0.4, 0.5) is 5.82 Å². The summed E-state index contributed by atoms with van der Waals surface area (Å²) < 4.78 is 26.7. The summed E-state index contributed by atoms with van der Waals surface area (Å²) in [6.07, 6.45) is 4.24. The van der Waals surface area contributed by atoms with Crippen molar-refractivity contribution in [3.63, 3.8) is 0 Å². The SMILES string of the molecule is CNc1ncc(S(=O)(=O)NCCCCC(C)C)cc1Cl. The summed E-state index contributed by atoms with van der Waals surface area (Å²) >= 11 is 5.94. The van der Waals surface area contributed by atoms with Crippen LogP contribution < -0.4 is 10.0 Å². The lowest BCUT2D eigenvalue weighted by Gasteiger charge is -2.09. The van der Waals surface area contributed by atoms with Gasteiger partial charge in [-0.15, -0.1) is 0 Å². The van der Waals surface area contributed by atoms with E-state index in [0.717, 1.165) is 19.3 Å². The van der Waals surface area contributed by atoms with Gasteiger partial charge in [-0.2, -0.15) is 0 Å². The molecule has 0 fully saturated rings. The summed E-state index contributed by atoms with van der Waals surface area (Å²) in [5.41, 5.74) is 0. The van der Waals surface area contributed by atoms with Gasteiger partial charge in [-0.05, 0) is 18.4 Å². The van der Waals surface area contributed by atoms with Crippen molar-refractivity contribution >= 4 is 27.4 Å². The number of halogens is 1. The molecule has 114 valence electrons. The van der Waals surface area contributed by atoms with Gasteiger partial charge in [0.25, 0.3) is 0 Å². The smallest absolute Gasteiger partial charge is 0.242 e. The average Bonchev–Trinajstić information content (AvgIpc) is 2.37. The van der Waals surface area contributed by atoms with E-state index in [1.54, 1.807) is 7.05 Å². The average molecular weight is 320 g/mol. The number of nitrogens with one attached hydrogen (secondary N) is 2. The third kappa shape index (κ3) is 5.26. The molecule has 0 atom stereocenters. The maximum atomic E-state index is 12.1. The number of rotatable bonds is 8. The van der Waals surface area contributed by atoms with Crippen LogP contribution in [0.1, 0.15) is 33.1 Å². The zero-order chi connectivity index (χ0) is 15.2. The number of unbranched alkanes of at least 4 members (excludes halogenated alkanes) is 1. The van der Waals surface area contributed by atoms with Gasteiger partial charge in [-0.25, -0.2) is 18.1 Å². The van der Waals surface area contributed by atoms with Crippen LogP contribution in [0, 0.1) is 5.92 Å². The number of sulfonamides is 1. The molecule has 0 aliphatic heterocycles. The van der Waals surface area contributed by atoms with Crippen LogP contribution in [0.3, 0.4) is 0 Å². The Labute approximate surface area is 126 Å². The molecule has 1 heterocycles. The Kier molecular flexibility index (Phi) is 6.71. The third-order valence-electron chi connectivity index (χ3n) is 2.86. The molecule has 0 saturated heterocycles. The fourth-order valence-corrected chi connectivity index (χ4v) is 3.09. The first-order valence-corrected chi connectivity index (χ1v) is 8.56. The molecule has 1 aromatic rings. The van der Waals surface area contributed by atoms with Gasteiger partial charge in [-0.3, -0.25) is 0 Å². The maximum Gasteiger partial charge on any atom is 0.242 e. The van der Waals surface area contributed by atoms with Crippen LogP contribution in [0.5, 0.6) is 0 Å². The predicted octanol–water partition coefficient (Wildman–Crippen LogP) is 2.88. The third-order valence-corrected chi connectivity index (χ3v) is 4.58. The Bertz CT molecular complexity index is 532. The van der Waals surface area contributed by atoms with Crippen LogP contribution in [-0.2, 0) is 10.0 Å². The number of aromatic nitrogens is 1. The monoisotopic (exact) mass is 319 g/mol. The molecule has 7 heteroatoms. The lowest BCUT2D eigenvalue weighted by Crippen LogP contribution is -2.25. The summed E-state index contributed by atoms with van der Waals surface area (Å²) in [6.45, 7) is 4.74. The second kappa shape index (κ2) is 7.81. The molecule has 1 aromatic heterocycles. The molecule has 5 nitrogen and oxygen atoms in total. The van der Waals surface area contributed by atoms with Crippen molar-refractivity contribution in [2.75, 3.05) is 18.9 Å². The minimum Gasteiger partial charge on any atom is -0.372 e. The topological polar surface area (TPSA) is 71.1 Å². The van der Waals surface area contributed by atoms with Crippen LogP contribution >= 0.6 is 11.6 Å². The number of pyridine rings is 1. The van der Waals surface area contributed by atoms with E-state index in [4.69, 9.17) is 11.6 Å². The quantitative estimate of drug-likeness (QED) is 0.723. The van der Waals surface area contributed by atoms with E-state index in [0.29, 0.717) is 18.3 Å². The molecule has 0 spiro atoms. The molecule has 0 aliphatic rings. The first kappa shape index (κ1) is 17.2. The lowest BCUT2D eigenvalue weighted by atomic mass is 10.1. The van der Waals surface area contributed by atoms with E-state index in [2.05, 4.69) is 28.9 Å². The minimum atomic E-state index is -3.53. The first-order valence-electron chi connectivity index (χ1n) is 6.69. The second-order valence-corrected chi connectivity index (χ2v) is 7.21. The fourth-order valence-electron chi connectivity index (χ4n) is 1.72. The van der Waals surface area contributed by atoms with Gasteiger partial charge in [0.2, 0.25) is 10.0 Å². The van der Waals surface area contributed by atoms with Crippen molar-refractivity contribution in [2.45, 2.75) is 38.0 Å². The molecule has 0 unspecified atom stereocenters. The van der Waals surface area contributed by atoms with Gasteiger partial charge in [0, 0.05) is 19.8 Å². The molecular weight excluding hydrogens is 298 g/mol. The highest BCUT2D eigenvalue weighted by Crippen LogP contribution is 2.21. The minimum absolute atomic E-state index is 0.0883. The Morgan fingerprint density at radius 3 is 2.60 bits per heavy atom. The van der Waals surface area contributed by atoms with E-state index in [9.17, 15) is 8.42 Å². The fraction of sp³-hybridized carbons (Fsp3) is 0.615. The van der Waals surface area contributed by atoms with E-state index in [1.807, 2.05) is 0 Å². The Morgan fingerprint density at radius 1 is 1.35 bits per heavy atom. The van der Waals surface area contributed by atoms with Crippen molar-refractivity contribution in [3.05, 3.63) is 17.3 Å². The van der Waals surface area contributed by atoms with Gasteiger partial charge >= 0.3 is 0 Å². The Hall–Kier alpha value is -0.850. The molecule has 0 aromatic carbocycles. The van der Waals surface area contributed by atoms with Crippen LogP contribution in [0.15, 0.2) is 17.2 Å². The van der Waals surface area contributed by atoms with Crippen molar-refractivity contribution in [1.82, 2.24) is 9.71 Å². The Balaban J connectivity index is 2.58. The summed E-state index contributed by atoms with van der Waals surface area (Å²) in [7, 11) is -1.86. The van der Waals surface area contributed by atoms with Gasteiger partial charge in [0.1, 0.15) is 10.7 Å². The highest BCUT2D eigenvalue weighted by atomic mass is 35.5. The van der Waals surface area contributed by atoms with Crippen molar-refractivity contribution in [2.24, 2.45) is 5.92 Å². The Morgan fingerprint density at radius 2 is 2.05 bits per heavy atom. The van der Waals surface area contributed by atoms with Gasteiger partial charge in [-0.1, -0.05) is 38.3 Å². The van der Waals surface area contributed by atoms with Crippen LogP contribution in [0.2, 0.25) is 5.02 Å². The molecule has 0 radical (unpaired) electrons.